The zero-order chi connectivity index (χ0) is 14.8. The topological polar surface area (TPSA) is 62.2 Å². The number of halogens is 1. The Labute approximate surface area is 131 Å². The highest BCUT2D eigenvalue weighted by Gasteiger charge is 2.25. The monoisotopic (exact) mass is 323 g/mol. The molecule has 0 unspecified atom stereocenters. The maximum atomic E-state index is 12.3. The first-order valence-corrected chi connectivity index (χ1v) is 7.71. The van der Waals surface area contributed by atoms with Crippen LogP contribution in [0.4, 0.5) is 5.82 Å². The van der Waals surface area contributed by atoms with Gasteiger partial charge >= 0.3 is 0 Å². The van der Waals surface area contributed by atoms with E-state index in [2.05, 4.69) is 18.6 Å². The fourth-order valence-corrected chi connectivity index (χ4v) is 2.92. The van der Waals surface area contributed by atoms with Gasteiger partial charge < -0.3 is 9.80 Å². The molecule has 1 amide bonds. The average molecular weight is 324 g/mol. The number of rotatable bonds is 2. The number of carbonyl (C=O) groups is 1. The van der Waals surface area contributed by atoms with Crippen molar-refractivity contribution < 1.29 is 4.79 Å². The third-order valence-electron chi connectivity index (χ3n) is 3.46. The fourth-order valence-electron chi connectivity index (χ4n) is 2.27. The number of carbonyl (C=O) groups excluding carboxylic acids is 1. The van der Waals surface area contributed by atoms with E-state index in [0.29, 0.717) is 29.5 Å². The number of hydrogen-bond donors (Lipinski definition) is 0. The largest absolute Gasteiger partial charge is 0.353 e. The predicted molar refractivity (Wildman–Crippen MR) is 82.0 cm³/mol. The maximum Gasteiger partial charge on any atom is 0.275 e. The Morgan fingerprint density at radius 1 is 1.24 bits per heavy atom. The third-order valence-corrected chi connectivity index (χ3v) is 4.30. The second-order valence-corrected chi connectivity index (χ2v) is 5.78. The van der Waals surface area contributed by atoms with Crippen LogP contribution < -0.4 is 4.90 Å². The van der Waals surface area contributed by atoms with Crippen LogP contribution >= 0.6 is 23.3 Å². The summed E-state index contributed by atoms with van der Waals surface area (Å²) in [6, 6.07) is 3.72. The van der Waals surface area contributed by atoms with Gasteiger partial charge in [-0.1, -0.05) is 11.6 Å². The van der Waals surface area contributed by atoms with Gasteiger partial charge in [0.15, 0.2) is 5.69 Å². The Morgan fingerprint density at radius 3 is 2.57 bits per heavy atom. The molecule has 0 spiro atoms. The molecule has 2 aromatic heterocycles. The summed E-state index contributed by atoms with van der Waals surface area (Å²) >= 11 is 6.92. The first-order chi connectivity index (χ1) is 10.1. The van der Waals surface area contributed by atoms with Crippen molar-refractivity contribution in [1.82, 2.24) is 18.6 Å². The highest BCUT2D eigenvalue weighted by atomic mass is 35.5. The van der Waals surface area contributed by atoms with Gasteiger partial charge in [0.1, 0.15) is 5.82 Å². The summed E-state index contributed by atoms with van der Waals surface area (Å²) in [7, 11) is 0. The first-order valence-electron chi connectivity index (χ1n) is 6.60. The highest BCUT2D eigenvalue weighted by Crippen LogP contribution is 2.17. The predicted octanol–water partition coefficient (Wildman–Crippen LogP) is 1.86. The van der Waals surface area contributed by atoms with Gasteiger partial charge in [-0.2, -0.15) is 8.75 Å². The molecule has 0 aromatic carbocycles. The Balaban J connectivity index is 1.64. The third kappa shape index (κ3) is 2.98. The van der Waals surface area contributed by atoms with Gasteiger partial charge in [0.2, 0.25) is 0 Å². The van der Waals surface area contributed by atoms with Crippen LogP contribution in [0, 0.1) is 6.92 Å². The lowest BCUT2D eigenvalue weighted by atomic mass is 10.2. The van der Waals surface area contributed by atoms with E-state index in [1.807, 2.05) is 24.0 Å². The van der Waals surface area contributed by atoms with Crippen molar-refractivity contribution >= 4 is 35.1 Å². The van der Waals surface area contributed by atoms with Crippen LogP contribution in [-0.4, -0.2) is 50.7 Å². The quantitative estimate of drug-likeness (QED) is 0.844. The lowest BCUT2D eigenvalue weighted by molar-refractivity contribution is 0.0741. The molecular formula is C13H14ClN5OS. The van der Waals surface area contributed by atoms with Crippen LogP contribution in [0.15, 0.2) is 18.3 Å². The molecule has 0 atom stereocenters. The molecule has 8 heteroatoms. The Hall–Kier alpha value is -1.73. The van der Waals surface area contributed by atoms with E-state index in [-0.39, 0.29) is 5.91 Å². The molecule has 1 fully saturated rings. The number of amides is 1. The average Bonchev–Trinajstić information content (AvgIpc) is 2.94. The Bertz CT molecular complexity index is 636. The van der Waals surface area contributed by atoms with Crippen molar-refractivity contribution in [2.24, 2.45) is 0 Å². The standard InChI is InChI=1S/C13H14ClN5OS/c1-9-12(17-21-16-9)13(20)19-6-4-18(5-7-19)11-3-2-10(14)8-15-11/h2-3,8H,4-7H2,1H3. The van der Waals surface area contributed by atoms with Gasteiger partial charge in [0.05, 0.1) is 22.4 Å². The van der Waals surface area contributed by atoms with Crippen molar-refractivity contribution in [3.8, 4) is 0 Å². The molecule has 0 N–H and O–H groups in total. The van der Waals surface area contributed by atoms with Crippen molar-refractivity contribution in [2.45, 2.75) is 6.92 Å². The summed E-state index contributed by atoms with van der Waals surface area (Å²) in [4.78, 5) is 20.6. The van der Waals surface area contributed by atoms with Crippen molar-refractivity contribution in [1.29, 1.82) is 0 Å². The molecule has 0 bridgehead atoms. The molecule has 110 valence electrons. The minimum Gasteiger partial charge on any atom is -0.353 e. The summed E-state index contributed by atoms with van der Waals surface area (Å²) in [5.41, 5.74) is 1.17. The number of aromatic nitrogens is 3. The van der Waals surface area contributed by atoms with Gasteiger partial charge in [-0.25, -0.2) is 4.98 Å². The van der Waals surface area contributed by atoms with Crippen LogP contribution in [0.5, 0.6) is 0 Å². The fraction of sp³-hybridized carbons (Fsp3) is 0.385. The molecule has 1 aliphatic heterocycles. The molecule has 1 aliphatic rings. The highest BCUT2D eigenvalue weighted by molar-refractivity contribution is 6.99. The molecule has 0 aliphatic carbocycles. The first kappa shape index (κ1) is 14.2. The Morgan fingerprint density at radius 2 is 2.00 bits per heavy atom. The van der Waals surface area contributed by atoms with Gasteiger partial charge in [0, 0.05) is 32.4 Å². The molecule has 6 nitrogen and oxygen atoms in total. The van der Waals surface area contributed by atoms with E-state index < -0.39 is 0 Å². The minimum absolute atomic E-state index is 0.0371. The number of hydrogen-bond acceptors (Lipinski definition) is 6. The van der Waals surface area contributed by atoms with Gasteiger partial charge in [-0.05, 0) is 19.1 Å². The van der Waals surface area contributed by atoms with E-state index in [1.54, 1.807) is 6.20 Å². The summed E-state index contributed by atoms with van der Waals surface area (Å²) in [5, 5.41) is 0.624. The van der Waals surface area contributed by atoms with Crippen LogP contribution in [0.25, 0.3) is 0 Å². The van der Waals surface area contributed by atoms with Crippen LogP contribution in [0.2, 0.25) is 5.02 Å². The number of aryl methyl sites for hydroxylation is 1. The lowest BCUT2D eigenvalue weighted by Gasteiger charge is -2.35. The van der Waals surface area contributed by atoms with Crippen LogP contribution in [-0.2, 0) is 0 Å². The number of pyridine rings is 1. The summed E-state index contributed by atoms with van der Waals surface area (Å²) in [6.45, 7) is 4.61. The van der Waals surface area contributed by atoms with Gasteiger partial charge in [-0.15, -0.1) is 0 Å². The van der Waals surface area contributed by atoms with Crippen molar-refractivity contribution in [2.75, 3.05) is 31.1 Å². The summed E-state index contributed by atoms with van der Waals surface area (Å²) < 4.78 is 8.13. The lowest BCUT2D eigenvalue weighted by Crippen LogP contribution is -2.49. The summed E-state index contributed by atoms with van der Waals surface area (Å²) in [5.74, 6) is 0.850. The van der Waals surface area contributed by atoms with Gasteiger partial charge in [0.25, 0.3) is 5.91 Å². The van der Waals surface area contributed by atoms with Crippen molar-refractivity contribution in [3.63, 3.8) is 0 Å². The van der Waals surface area contributed by atoms with E-state index in [9.17, 15) is 4.79 Å². The summed E-state index contributed by atoms with van der Waals surface area (Å²) in [6.07, 6.45) is 1.64. The van der Waals surface area contributed by atoms with Crippen LogP contribution in [0.1, 0.15) is 16.2 Å². The second-order valence-electron chi connectivity index (χ2n) is 4.81. The number of piperazine rings is 1. The molecular weight excluding hydrogens is 310 g/mol. The van der Waals surface area contributed by atoms with E-state index in [1.165, 1.54) is 0 Å². The molecule has 2 aromatic rings. The molecule has 0 saturated carbocycles. The molecule has 21 heavy (non-hydrogen) atoms. The zero-order valence-corrected chi connectivity index (χ0v) is 13.1. The smallest absolute Gasteiger partial charge is 0.275 e. The van der Waals surface area contributed by atoms with E-state index in [0.717, 1.165) is 30.6 Å². The van der Waals surface area contributed by atoms with E-state index in [4.69, 9.17) is 11.6 Å². The zero-order valence-electron chi connectivity index (χ0n) is 11.5. The molecule has 3 heterocycles. The van der Waals surface area contributed by atoms with Crippen molar-refractivity contribution in [3.05, 3.63) is 34.7 Å². The molecule has 0 radical (unpaired) electrons. The maximum absolute atomic E-state index is 12.3. The number of nitrogens with zero attached hydrogens (tertiary/aromatic N) is 5. The molecule has 3 rings (SSSR count). The minimum atomic E-state index is -0.0371. The Kier molecular flexibility index (Phi) is 4.03. The molecule has 1 saturated heterocycles. The normalized spacial score (nSPS) is 15.3. The van der Waals surface area contributed by atoms with Crippen LogP contribution in [0.3, 0.4) is 0 Å². The SMILES string of the molecule is Cc1nsnc1C(=O)N1CCN(c2ccc(Cl)cn2)CC1. The van der Waals surface area contributed by atoms with Gasteiger partial charge in [-0.3, -0.25) is 4.79 Å². The van der Waals surface area contributed by atoms with E-state index >= 15 is 0 Å². The second kappa shape index (κ2) is 5.95. The number of anilines is 1.